The molecule has 4 aromatic heterocycles. The normalized spacial score (nSPS) is 12.1. The largest absolute Gasteiger partial charge is 0.364 e. The van der Waals surface area contributed by atoms with Gasteiger partial charge in [0.05, 0.1) is 11.1 Å². The fourth-order valence-corrected chi connectivity index (χ4v) is 5.30. The number of nitrogens with one attached hydrogen (secondary N) is 1. The van der Waals surface area contributed by atoms with E-state index in [0.717, 1.165) is 44.5 Å². The first-order valence-electron chi connectivity index (χ1n) is 10.3. The maximum absolute atomic E-state index is 5.91. The van der Waals surface area contributed by atoms with Gasteiger partial charge in [-0.15, -0.1) is 17.8 Å². The maximum Gasteiger partial charge on any atom is 0.157 e. The quantitative estimate of drug-likeness (QED) is 0.388. The second-order valence-electron chi connectivity index (χ2n) is 9.60. The number of hydrogen-bond donors (Lipinski definition) is 1. The highest BCUT2D eigenvalue weighted by molar-refractivity contribution is 7.19. The molecule has 0 aliphatic heterocycles. The van der Waals surface area contributed by atoms with E-state index in [-0.39, 0.29) is 11.0 Å². The van der Waals surface area contributed by atoms with Gasteiger partial charge in [0.1, 0.15) is 11.5 Å². The standard InChI is InChI=1S/C25H27N5S/c1-7-17-13-19(18-9-8-10-26-14-18)31-22(17)21-23(29-25(5,6)16-24(2,3)4)30-12-11-27-15-20(30)28-21/h1,8-15,29H,16H2,2-6H3. The number of nitrogens with zero attached hydrogens (tertiary/aromatic N) is 4. The fourth-order valence-electron chi connectivity index (χ4n) is 4.20. The average molecular weight is 430 g/mol. The summed E-state index contributed by atoms with van der Waals surface area (Å²) in [6.07, 6.45) is 16.0. The van der Waals surface area contributed by atoms with Crippen LogP contribution in [0.3, 0.4) is 0 Å². The van der Waals surface area contributed by atoms with Gasteiger partial charge in [0.2, 0.25) is 0 Å². The first-order valence-corrected chi connectivity index (χ1v) is 11.1. The van der Waals surface area contributed by atoms with Crippen LogP contribution in [0.4, 0.5) is 5.82 Å². The average Bonchev–Trinajstić information content (AvgIpc) is 3.28. The molecule has 0 unspecified atom stereocenters. The second-order valence-corrected chi connectivity index (χ2v) is 10.7. The molecule has 0 bridgehead atoms. The van der Waals surface area contributed by atoms with Crippen molar-refractivity contribution >= 4 is 22.8 Å². The summed E-state index contributed by atoms with van der Waals surface area (Å²) in [5, 5.41) is 3.76. The number of terminal acetylenes is 1. The number of anilines is 1. The summed E-state index contributed by atoms with van der Waals surface area (Å²) >= 11 is 1.64. The lowest BCUT2D eigenvalue weighted by atomic mass is 9.82. The first-order chi connectivity index (χ1) is 14.7. The molecule has 0 fully saturated rings. The molecule has 0 saturated heterocycles. The molecule has 4 aromatic rings. The van der Waals surface area contributed by atoms with Crippen molar-refractivity contribution in [1.29, 1.82) is 0 Å². The summed E-state index contributed by atoms with van der Waals surface area (Å²) < 4.78 is 2.05. The Morgan fingerprint density at radius 3 is 2.58 bits per heavy atom. The van der Waals surface area contributed by atoms with Gasteiger partial charge in [0.15, 0.2) is 5.65 Å². The van der Waals surface area contributed by atoms with Crippen LogP contribution in [0.25, 0.3) is 26.7 Å². The summed E-state index contributed by atoms with van der Waals surface area (Å²) in [5.74, 6) is 3.79. The molecule has 4 heterocycles. The first kappa shape index (κ1) is 21.1. The van der Waals surface area contributed by atoms with Crippen LogP contribution in [0, 0.1) is 17.8 Å². The SMILES string of the molecule is C#Cc1cc(-c2cccnc2)sc1-c1nc2cnccn2c1NC(C)(C)CC(C)(C)C. The number of pyridine rings is 1. The Balaban J connectivity index is 1.86. The molecule has 0 aliphatic carbocycles. The number of thiophene rings is 1. The van der Waals surface area contributed by atoms with Crippen LogP contribution in [0.1, 0.15) is 46.6 Å². The molecule has 4 rings (SSSR count). The third-order valence-electron chi connectivity index (χ3n) is 4.91. The van der Waals surface area contributed by atoms with E-state index in [4.69, 9.17) is 11.4 Å². The van der Waals surface area contributed by atoms with E-state index >= 15 is 0 Å². The van der Waals surface area contributed by atoms with E-state index in [0.29, 0.717) is 0 Å². The van der Waals surface area contributed by atoms with E-state index in [1.165, 1.54) is 0 Å². The Morgan fingerprint density at radius 2 is 1.90 bits per heavy atom. The topological polar surface area (TPSA) is 55.1 Å². The monoisotopic (exact) mass is 429 g/mol. The highest BCUT2D eigenvalue weighted by atomic mass is 32.1. The van der Waals surface area contributed by atoms with Crippen molar-refractivity contribution in [3.8, 4) is 33.4 Å². The van der Waals surface area contributed by atoms with Crippen molar-refractivity contribution in [2.24, 2.45) is 5.41 Å². The van der Waals surface area contributed by atoms with Crippen LogP contribution in [-0.4, -0.2) is 24.9 Å². The van der Waals surface area contributed by atoms with Crippen LogP contribution in [-0.2, 0) is 0 Å². The minimum atomic E-state index is -0.147. The Labute approximate surface area is 187 Å². The molecular weight excluding hydrogens is 402 g/mol. The van der Waals surface area contributed by atoms with Gasteiger partial charge in [-0.1, -0.05) is 32.8 Å². The summed E-state index contributed by atoms with van der Waals surface area (Å²) in [5.41, 5.74) is 3.54. The van der Waals surface area contributed by atoms with Crippen LogP contribution < -0.4 is 5.32 Å². The third-order valence-corrected chi connectivity index (χ3v) is 6.10. The van der Waals surface area contributed by atoms with Gasteiger partial charge < -0.3 is 5.32 Å². The molecule has 0 aromatic carbocycles. The molecule has 158 valence electrons. The summed E-state index contributed by atoms with van der Waals surface area (Å²) in [6.45, 7) is 11.2. The van der Waals surface area contributed by atoms with Gasteiger partial charge >= 0.3 is 0 Å². The molecule has 0 radical (unpaired) electrons. The van der Waals surface area contributed by atoms with Crippen molar-refractivity contribution in [2.45, 2.75) is 46.6 Å². The zero-order valence-electron chi connectivity index (χ0n) is 18.6. The lowest BCUT2D eigenvalue weighted by Crippen LogP contribution is -2.36. The number of aromatic nitrogens is 4. The van der Waals surface area contributed by atoms with E-state index in [1.807, 2.05) is 30.6 Å². The molecule has 0 saturated carbocycles. The molecular formula is C25H27N5S. The minimum absolute atomic E-state index is 0.147. The van der Waals surface area contributed by atoms with E-state index < -0.39 is 0 Å². The minimum Gasteiger partial charge on any atom is -0.364 e. The lowest BCUT2D eigenvalue weighted by Gasteiger charge is -2.34. The van der Waals surface area contributed by atoms with E-state index in [9.17, 15) is 0 Å². The van der Waals surface area contributed by atoms with E-state index in [1.54, 1.807) is 29.9 Å². The van der Waals surface area contributed by atoms with Crippen molar-refractivity contribution in [3.05, 3.63) is 54.7 Å². The number of fused-ring (bicyclic) bond motifs is 1. The number of rotatable bonds is 5. The van der Waals surface area contributed by atoms with Crippen molar-refractivity contribution in [2.75, 3.05) is 5.32 Å². The molecule has 0 aliphatic rings. The van der Waals surface area contributed by atoms with Gasteiger partial charge in [-0.2, -0.15) is 0 Å². The van der Waals surface area contributed by atoms with Gasteiger partial charge in [-0.05, 0) is 37.8 Å². The molecule has 1 N–H and O–H groups in total. The summed E-state index contributed by atoms with van der Waals surface area (Å²) in [6, 6.07) is 6.02. The third kappa shape index (κ3) is 4.47. The van der Waals surface area contributed by atoms with Gasteiger partial charge in [-0.25, -0.2) is 4.98 Å². The lowest BCUT2D eigenvalue weighted by molar-refractivity contribution is 0.302. The molecule has 6 heteroatoms. The highest BCUT2D eigenvalue weighted by Gasteiger charge is 2.29. The van der Waals surface area contributed by atoms with Crippen LogP contribution in [0.5, 0.6) is 0 Å². The Morgan fingerprint density at radius 1 is 1.13 bits per heavy atom. The van der Waals surface area contributed by atoms with Gasteiger partial charge in [0, 0.05) is 46.3 Å². The predicted octanol–water partition coefficient (Wildman–Crippen LogP) is 6.13. The Kier molecular flexibility index (Phi) is 5.32. The summed E-state index contributed by atoms with van der Waals surface area (Å²) in [4.78, 5) is 15.5. The Hall–Kier alpha value is -3.17. The zero-order chi connectivity index (χ0) is 22.2. The molecule has 0 spiro atoms. The van der Waals surface area contributed by atoms with Crippen LogP contribution in [0.15, 0.2) is 49.2 Å². The molecule has 31 heavy (non-hydrogen) atoms. The van der Waals surface area contributed by atoms with E-state index in [2.05, 4.69) is 60.2 Å². The van der Waals surface area contributed by atoms with Crippen molar-refractivity contribution in [1.82, 2.24) is 19.4 Å². The van der Waals surface area contributed by atoms with Crippen molar-refractivity contribution < 1.29 is 0 Å². The predicted molar refractivity (Wildman–Crippen MR) is 129 cm³/mol. The maximum atomic E-state index is 5.91. The van der Waals surface area contributed by atoms with Gasteiger partial charge in [-0.3, -0.25) is 14.4 Å². The number of hydrogen-bond acceptors (Lipinski definition) is 5. The fraction of sp³-hybridized carbons (Fsp3) is 0.320. The zero-order valence-corrected chi connectivity index (χ0v) is 19.4. The summed E-state index contributed by atoms with van der Waals surface area (Å²) in [7, 11) is 0. The second kappa shape index (κ2) is 7.82. The smallest absolute Gasteiger partial charge is 0.157 e. The van der Waals surface area contributed by atoms with Gasteiger partial charge in [0.25, 0.3) is 0 Å². The Bertz CT molecular complexity index is 1250. The number of imidazole rings is 1. The van der Waals surface area contributed by atoms with Crippen molar-refractivity contribution in [3.63, 3.8) is 0 Å². The molecule has 0 atom stereocenters. The van der Waals surface area contributed by atoms with Crippen LogP contribution in [0.2, 0.25) is 0 Å². The molecule has 5 nitrogen and oxygen atoms in total. The van der Waals surface area contributed by atoms with Crippen LogP contribution >= 0.6 is 11.3 Å². The highest BCUT2D eigenvalue weighted by Crippen LogP contribution is 2.42. The molecule has 0 amide bonds.